The number of nitro groups is 1. The minimum absolute atomic E-state index is 0.000514. The lowest BCUT2D eigenvalue weighted by molar-refractivity contribution is -0.384. The van der Waals surface area contributed by atoms with E-state index in [1.807, 2.05) is 18.2 Å². The summed E-state index contributed by atoms with van der Waals surface area (Å²) in [6.45, 7) is 0. The molecule has 0 unspecified atom stereocenters. The van der Waals surface area contributed by atoms with Crippen LogP contribution in [-0.4, -0.2) is 27.2 Å². The summed E-state index contributed by atoms with van der Waals surface area (Å²) in [7, 11) is 0. The maximum absolute atomic E-state index is 12.4. The average Bonchev–Trinajstić information content (AvgIpc) is 3.13. The summed E-state index contributed by atoms with van der Waals surface area (Å²) in [6.07, 6.45) is 3.02. The fourth-order valence-electron chi connectivity index (χ4n) is 3.15. The molecule has 1 aliphatic rings. The quantitative estimate of drug-likeness (QED) is 0.422. The van der Waals surface area contributed by atoms with E-state index in [-0.39, 0.29) is 11.6 Å². The Morgan fingerprint density at radius 1 is 1.19 bits per heavy atom. The van der Waals surface area contributed by atoms with Crippen LogP contribution in [0.1, 0.15) is 27.2 Å². The molecule has 0 radical (unpaired) electrons. The first-order valence-corrected chi connectivity index (χ1v) is 8.37. The van der Waals surface area contributed by atoms with Crippen molar-refractivity contribution in [3.05, 3.63) is 81.0 Å². The van der Waals surface area contributed by atoms with E-state index in [2.05, 4.69) is 26.8 Å². The SMILES string of the molecule is O=C(NN=Cc1ccc([N+](=O)[O-])cc1)c1[nH]nc2c1CCc1ccccc1-2. The second-order valence-electron chi connectivity index (χ2n) is 6.13. The van der Waals surface area contributed by atoms with E-state index in [0.717, 1.165) is 29.7 Å². The highest BCUT2D eigenvalue weighted by Gasteiger charge is 2.24. The molecular formula is C19H15N5O3. The molecular weight excluding hydrogens is 346 g/mol. The fourth-order valence-corrected chi connectivity index (χ4v) is 3.15. The van der Waals surface area contributed by atoms with Crippen molar-refractivity contribution in [3.8, 4) is 11.3 Å². The van der Waals surface area contributed by atoms with Crippen LogP contribution in [0.5, 0.6) is 0 Å². The van der Waals surface area contributed by atoms with Gasteiger partial charge in [0.05, 0.1) is 16.8 Å². The molecule has 0 spiro atoms. The van der Waals surface area contributed by atoms with Gasteiger partial charge < -0.3 is 0 Å². The van der Waals surface area contributed by atoms with Crippen molar-refractivity contribution in [2.75, 3.05) is 0 Å². The molecule has 1 heterocycles. The number of H-pyrrole nitrogens is 1. The Kier molecular flexibility index (Phi) is 4.21. The van der Waals surface area contributed by atoms with Gasteiger partial charge in [0.1, 0.15) is 5.69 Å². The molecule has 3 aromatic rings. The third kappa shape index (κ3) is 3.20. The summed E-state index contributed by atoms with van der Waals surface area (Å²) in [5, 5.41) is 21.7. The molecule has 0 bridgehead atoms. The lowest BCUT2D eigenvalue weighted by atomic mass is 9.89. The van der Waals surface area contributed by atoms with Crippen molar-refractivity contribution in [1.29, 1.82) is 0 Å². The van der Waals surface area contributed by atoms with Gasteiger partial charge in [-0.3, -0.25) is 20.0 Å². The van der Waals surface area contributed by atoms with Gasteiger partial charge >= 0.3 is 0 Å². The molecule has 27 heavy (non-hydrogen) atoms. The number of aromatic amines is 1. The second-order valence-corrected chi connectivity index (χ2v) is 6.13. The first kappa shape index (κ1) is 16.6. The smallest absolute Gasteiger partial charge is 0.272 e. The number of hydrazone groups is 1. The average molecular weight is 361 g/mol. The zero-order chi connectivity index (χ0) is 18.8. The number of carbonyl (C=O) groups excluding carboxylic acids is 1. The van der Waals surface area contributed by atoms with Crippen molar-refractivity contribution >= 4 is 17.8 Å². The first-order valence-electron chi connectivity index (χ1n) is 8.37. The van der Waals surface area contributed by atoms with Crippen molar-refractivity contribution < 1.29 is 9.72 Å². The Morgan fingerprint density at radius 3 is 2.74 bits per heavy atom. The number of nitrogens with zero attached hydrogens (tertiary/aromatic N) is 3. The fraction of sp³-hybridized carbons (Fsp3) is 0.105. The number of aromatic nitrogens is 2. The summed E-state index contributed by atoms with van der Waals surface area (Å²) in [4.78, 5) is 22.6. The topological polar surface area (TPSA) is 113 Å². The molecule has 4 rings (SSSR count). The van der Waals surface area contributed by atoms with Crippen LogP contribution in [0.2, 0.25) is 0 Å². The highest BCUT2D eigenvalue weighted by Crippen LogP contribution is 2.33. The molecule has 2 N–H and O–H groups in total. The van der Waals surface area contributed by atoms with E-state index in [0.29, 0.717) is 11.3 Å². The summed E-state index contributed by atoms with van der Waals surface area (Å²) < 4.78 is 0. The number of fused-ring (bicyclic) bond motifs is 3. The molecule has 0 atom stereocenters. The van der Waals surface area contributed by atoms with E-state index in [1.165, 1.54) is 23.9 Å². The third-order valence-electron chi connectivity index (χ3n) is 4.49. The number of aryl methyl sites for hydroxylation is 1. The number of nitro benzene ring substituents is 1. The van der Waals surface area contributed by atoms with Gasteiger partial charge in [-0.15, -0.1) is 0 Å². The lowest BCUT2D eigenvalue weighted by Gasteiger charge is -2.15. The molecule has 2 aromatic carbocycles. The number of rotatable bonds is 4. The van der Waals surface area contributed by atoms with Gasteiger partial charge in [-0.2, -0.15) is 10.2 Å². The second kappa shape index (κ2) is 6.83. The van der Waals surface area contributed by atoms with Gasteiger partial charge in [-0.05, 0) is 36.1 Å². The zero-order valence-electron chi connectivity index (χ0n) is 14.2. The normalized spacial score (nSPS) is 12.4. The van der Waals surface area contributed by atoms with Gasteiger partial charge in [-0.1, -0.05) is 24.3 Å². The predicted molar refractivity (Wildman–Crippen MR) is 99.6 cm³/mol. The van der Waals surface area contributed by atoms with Crippen LogP contribution in [0.15, 0.2) is 53.6 Å². The highest BCUT2D eigenvalue weighted by molar-refractivity contribution is 5.96. The molecule has 0 saturated carbocycles. The Balaban J connectivity index is 1.49. The minimum atomic E-state index is -0.470. The molecule has 1 aromatic heterocycles. The Hall–Kier alpha value is -3.81. The third-order valence-corrected chi connectivity index (χ3v) is 4.49. The summed E-state index contributed by atoms with van der Waals surface area (Å²) in [5.74, 6) is -0.374. The number of amides is 1. The summed E-state index contributed by atoms with van der Waals surface area (Å²) >= 11 is 0. The number of non-ortho nitro benzene ring substituents is 1. The molecule has 8 nitrogen and oxygen atoms in total. The van der Waals surface area contributed by atoms with Gasteiger partial charge in [0.2, 0.25) is 0 Å². The molecule has 0 fully saturated rings. The van der Waals surface area contributed by atoms with E-state index in [9.17, 15) is 14.9 Å². The number of hydrogen-bond acceptors (Lipinski definition) is 5. The van der Waals surface area contributed by atoms with E-state index in [1.54, 1.807) is 12.1 Å². The first-order chi connectivity index (χ1) is 13.1. The van der Waals surface area contributed by atoms with Crippen LogP contribution in [0.4, 0.5) is 5.69 Å². The van der Waals surface area contributed by atoms with Crippen molar-refractivity contribution in [2.24, 2.45) is 5.10 Å². The largest absolute Gasteiger partial charge is 0.289 e. The summed E-state index contributed by atoms with van der Waals surface area (Å²) in [5.41, 5.74) is 7.47. The van der Waals surface area contributed by atoms with Crippen LogP contribution >= 0.6 is 0 Å². The maximum Gasteiger partial charge on any atom is 0.289 e. The highest BCUT2D eigenvalue weighted by atomic mass is 16.6. The van der Waals surface area contributed by atoms with E-state index >= 15 is 0 Å². The van der Waals surface area contributed by atoms with Crippen molar-refractivity contribution in [1.82, 2.24) is 15.6 Å². The van der Waals surface area contributed by atoms with Gasteiger partial charge in [0, 0.05) is 23.3 Å². The maximum atomic E-state index is 12.4. The summed E-state index contributed by atoms with van der Waals surface area (Å²) in [6, 6.07) is 13.9. The lowest BCUT2D eigenvalue weighted by Crippen LogP contribution is -2.20. The predicted octanol–water partition coefficient (Wildman–Crippen LogP) is 2.85. The number of carbonyl (C=O) groups is 1. The zero-order valence-corrected chi connectivity index (χ0v) is 14.2. The van der Waals surface area contributed by atoms with Gasteiger partial charge in [-0.25, -0.2) is 5.43 Å². The van der Waals surface area contributed by atoms with Gasteiger partial charge in [0.25, 0.3) is 11.6 Å². The van der Waals surface area contributed by atoms with Crippen LogP contribution in [0.25, 0.3) is 11.3 Å². The number of benzene rings is 2. The minimum Gasteiger partial charge on any atom is -0.272 e. The Labute approximate surface area is 154 Å². The molecule has 1 amide bonds. The van der Waals surface area contributed by atoms with Gasteiger partial charge in [0.15, 0.2) is 0 Å². The monoisotopic (exact) mass is 361 g/mol. The van der Waals surface area contributed by atoms with Crippen LogP contribution < -0.4 is 5.43 Å². The molecule has 0 saturated heterocycles. The van der Waals surface area contributed by atoms with Crippen LogP contribution in [-0.2, 0) is 12.8 Å². The molecule has 134 valence electrons. The van der Waals surface area contributed by atoms with Crippen LogP contribution in [0.3, 0.4) is 0 Å². The standard InChI is InChI=1S/C19H15N5O3/c25-19(23-20-11-12-5-8-14(9-6-12)24(26)27)18-16-10-7-13-3-1-2-4-15(13)17(16)21-22-18/h1-6,8-9,11H,7,10H2,(H,21,22)(H,23,25). The van der Waals surface area contributed by atoms with E-state index < -0.39 is 4.92 Å². The number of hydrogen-bond donors (Lipinski definition) is 2. The Bertz CT molecular complexity index is 1050. The van der Waals surface area contributed by atoms with E-state index in [4.69, 9.17) is 0 Å². The molecule has 1 aliphatic carbocycles. The molecule has 8 heteroatoms. The van der Waals surface area contributed by atoms with Crippen LogP contribution in [0, 0.1) is 10.1 Å². The van der Waals surface area contributed by atoms with Crippen molar-refractivity contribution in [3.63, 3.8) is 0 Å². The Morgan fingerprint density at radius 2 is 1.96 bits per heavy atom. The number of nitrogens with one attached hydrogen (secondary N) is 2. The van der Waals surface area contributed by atoms with Crippen molar-refractivity contribution in [2.45, 2.75) is 12.8 Å². The molecule has 0 aliphatic heterocycles.